The normalized spacial score (nSPS) is 16.1. The largest absolute Gasteiger partial charge is 0.356 e. The van der Waals surface area contributed by atoms with Gasteiger partial charge in [0, 0.05) is 25.3 Å². The summed E-state index contributed by atoms with van der Waals surface area (Å²) in [4.78, 5) is 26.7. The van der Waals surface area contributed by atoms with E-state index in [0.717, 1.165) is 55.0 Å². The van der Waals surface area contributed by atoms with Crippen molar-refractivity contribution in [3.05, 3.63) is 41.5 Å². The van der Waals surface area contributed by atoms with E-state index in [1.165, 1.54) is 11.8 Å². The first-order chi connectivity index (χ1) is 15.0. The number of thioether (sulfide) groups is 1. The van der Waals surface area contributed by atoms with Crippen LogP contribution in [0.3, 0.4) is 0 Å². The lowest BCUT2D eigenvalue weighted by molar-refractivity contribution is -0.125. The molecule has 0 spiro atoms. The van der Waals surface area contributed by atoms with Crippen LogP contribution < -0.4 is 15.5 Å². The third-order valence-corrected chi connectivity index (χ3v) is 6.44. The number of nitrogens with one attached hydrogen (secondary N) is 2. The summed E-state index contributed by atoms with van der Waals surface area (Å²) in [5, 5.41) is 15.3. The number of nitrogens with zero attached hydrogens (tertiary/aromatic N) is 3. The lowest BCUT2D eigenvalue weighted by atomic mass is 9.97. The first-order valence-electron chi connectivity index (χ1n) is 10.8. The average Bonchev–Trinajstić information content (AvgIpc) is 2.79. The third-order valence-electron chi connectivity index (χ3n) is 5.52. The summed E-state index contributed by atoms with van der Waals surface area (Å²) in [5.41, 5.74) is 3.07. The van der Waals surface area contributed by atoms with E-state index in [1.54, 1.807) is 0 Å². The Bertz CT molecular complexity index is 903. The van der Waals surface area contributed by atoms with Crippen molar-refractivity contribution in [3.8, 4) is 0 Å². The molecule has 0 unspecified atom stereocenters. The highest BCUT2D eigenvalue weighted by atomic mass is 32.2. The molecule has 1 aliphatic heterocycles. The minimum absolute atomic E-state index is 0.00933. The van der Waals surface area contributed by atoms with Crippen LogP contribution >= 0.6 is 11.8 Å². The Morgan fingerprint density at radius 1 is 1.19 bits per heavy atom. The fourth-order valence-electron chi connectivity index (χ4n) is 3.56. The van der Waals surface area contributed by atoms with Crippen molar-refractivity contribution >= 4 is 35.1 Å². The molecule has 31 heavy (non-hydrogen) atoms. The molecular weight excluding hydrogens is 410 g/mol. The molecule has 0 radical (unpaired) electrons. The molecule has 1 aliphatic rings. The van der Waals surface area contributed by atoms with Gasteiger partial charge in [0.15, 0.2) is 5.82 Å². The molecule has 7 nitrogen and oxygen atoms in total. The molecular formula is C23H31N5O2S. The number of carbonyl (C=O) groups excluding carboxylic acids is 2. The van der Waals surface area contributed by atoms with Gasteiger partial charge in [-0.3, -0.25) is 9.59 Å². The van der Waals surface area contributed by atoms with Gasteiger partial charge in [-0.15, -0.1) is 10.2 Å². The van der Waals surface area contributed by atoms with Crippen molar-refractivity contribution in [1.82, 2.24) is 15.5 Å². The summed E-state index contributed by atoms with van der Waals surface area (Å²) < 4.78 is 0. The van der Waals surface area contributed by atoms with Gasteiger partial charge < -0.3 is 15.5 Å². The highest BCUT2D eigenvalue weighted by Crippen LogP contribution is 2.24. The molecule has 1 saturated heterocycles. The molecule has 1 aromatic heterocycles. The van der Waals surface area contributed by atoms with Crippen LogP contribution in [0.4, 0.5) is 11.5 Å². The summed E-state index contributed by atoms with van der Waals surface area (Å²) in [6.07, 6.45) is 2.80. The van der Waals surface area contributed by atoms with Crippen molar-refractivity contribution in [2.24, 2.45) is 5.92 Å². The van der Waals surface area contributed by atoms with Crippen molar-refractivity contribution in [2.45, 2.75) is 45.1 Å². The zero-order valence-electron chi connectivity index (χ0n) is 18.5. The van der Waals surface area contributed by atoms with Crippen LogP contribution in [0.5, 0.6) is 0 Å². The number of aromatic nitrogens is 2. The number of piperidine rings is 1. The Kier molecular flexibility index (Phi) is 8.28. The van der Waals surface area contributed by atoms with Crippen LogP contribution in [0.2, 0.25) is 0 Å². The molecule has 166 valence electrons. The number of aryl methyl sites for hydroxylation is 1. The fourth-order valence-corrected chi connectivity index (χ4v) is 4.18. The Hall–Kier alpha value is -2.61. The van der Waals surface area contributed by atoms with Crippen molar-refractivity contribution in [2.75, 3.05) is 35.6 Å². The maximum Gasteiger partial charge on any atom is 0.234 e. The predicted octanol–water partition coefficient (Wildman–Crippen LogP) is 3.57. The molecule has 2 N–H and O–H groups in total. The van der Waals surface area contributed by atoms with Crippen LogP contribution in [-0.2, 0) is 9.59 Å². The zero-order valence-corrected chi connectivity index (χ0v) is 19.3. The number of carbonyl (C=O) groups is 2. The Morgan fingerprint density at radius 2 is 2.03 bits per heavy atom. The molecule has 2 aromatic rings. The number of anilines is 2. The average molecular weight is 442 g/mol. The minimum Gasteiger partial charge on any atom is -0.356 e. The van der Waals surface area contributed by atoms with E-state index < -0.39 is 0 Å². The first kappa shape index (κ1) is 23.1. The topological polar surface area (TPSA) is 87.2 Å². The summed E-state index contributed by atoms with van der Waals surface area (Å²) in [6, 6.07) is 9.68. The molecule has 1 fully saturated rings. The molecule has 3 rings (SSSR count). The molecule has 0 saturated carbocycles. The number of hydrogen-bond donors (Lipinski definition) is 2. The highest BCUT2D eigenvalue weighted by molar-refractivity contribution is 7.99. The SMILES string of the molecule is CCCNC(=O)[C@@H]1CCCN(c2ccc(SCC(=O)Nc3cccc(C)c3C)nn2)C1. The second-order valence-corrected chi connectivity index (χ2v) is 8.89. The molecule has 2 amide bonds. The van der Waals surface area contributed by atoms with E-state index in [-0.39, 0.29) is 23.5 Å². The summed E-state index contributed by atoms with van der Waals surface area (Å²) in [6.45, 7) is 8.33. The van der Waals surface area contributed by atoms with Crippen LogP contribution in [0.25, 0.3) is 0 Å². The standard InChI is InChI=1S/C23H31N5O2S/c1-4-12-24-23(30)18-8-6-13-28(14-18)20-10-11-22(27-26-20)31-15-21(29)25-19-9-5-7-16(2)17(19)3/h5,7,9-11,18H,4,6,8,12-15H2,1-3H3,(H,24,30)(H,25,29)/t18-/m1/s1. The fraction of sp³-hybridized carbons (Fsp3) is 0.478. The number of amides is 2. The van der Waals surface area contributed by atoms with E-state index in [1.807, 2.05) is 44.2 Å². The van der Waals surface area contributed by atoms with Crippen LogP contribution in [0.15, 0.2) is 35.4 Å². The van der Waals surface area contributed by atoms with Crippen LogP contribution in [0.1, 0.15) is 37.3 Å². The van der Waals surface area contributed by atoms with Gasteiger partial charge in [0.25, 0.3) is 0 Å². The van der Waals surface area contributed by atoms with E-state index >= 15 is 0 Å². The van der Waals surface area contributed by atoms with Gasteiger partial charge in [-0.1, -0.05) is 30.8 Å². The van der Waals surface area contributed by atoms with Gasteiger partial charge in [-0.2, -0.15) is 0 Å². The number of benzene rings is 1. The lowest BCUT2D eigenvalue weighted by Crippen LogP contribution is -2.43. The number of rotatable bonds is 8. The van der Waals surface area contributed by atoms with Gasteiger partial charge in [0.1, 0.15) is 5.03 Å². The Labute approximate surface area is 188 Å². The second-order valence-electron chi connectivity index (χ2n) is 7.89. The second kappa shape index (κ2) is 11.1. The van der Waals surface area contributed by atoms with E-state index in [9.17, 15) is 9.59 Å². The maximum atomic E-state index is 12.3. The highest BCUT2D eigenvalue weighted by Gasteiger charge is 2.26. The summed E-state index contributed by atoms with van der Waals surface area (Å²) in [5.74, 6) is 1.09. The molecule has 8 heteroatoms. The van der Waals surface area contributed by atoms with Crippen LogP contribution in [0, 0.1) is 19.8 Å². The van der Waals surface area contributed by atoms with Gasteiger partial charge in [0.2, 0.25) is 11.8 Å². The third kappa shape index (κ3) is 6.43. The first-order valence-corrected chi connectivity index (χ1v) is 11.8. The van der Waals surface area contributed by atoms with Gasteiger partial charge in [-0.25, -0.2) is 0 Å². The van der Waals surface area contributed by atoms with Crippen molar-refractivity contribution in [3.63, 3.8) is 0 Å². The summed E-state index contributed by atoms with van der Waals surface area (Å²) in [7, 11) is 0. The predicted molar refractivity (Wildman–Crippen MR) is 126 cm³/mol. The Morgan fingerprint density at radius 3 is 2.77 bits per heavy atom. The van der Waals surface area contributed by atoms with Crippen molar-refractivity contribution in [1.29, 1.82) is 0 Å². The lowest BCUT2D eigenvalue weighted by Gasteiger charge is -2.32. The monoisotopic (exact) mass is 441 g/mol. The van der Waals surface area contributed by atoms with E-state index in [2.05, 4.69) is 32.7 Å². The van der Waals surface area contributed by atoms with Gasteiger partial charge >= 0.3 is 0 Å². The van der Waals surface area contributed by atoms with E-state index in [4.69, 9.17) is 0 Å². The van der Waals surface area contributed by atoms with Gasteiger partial charge in [-0.05, 0) is 62.4 Å². The molecule has 0 aliphatic carbocycles. The van der Waals surface area contributed by atoms with Crippen molar-refractivity contribution < 1.29 is 9.59 Å². The molecule has 2 heterocycles. The van der Waals surface area contributed by atoms with Gasteiger partial charge in [0.05, 0.1) is 11.7 Å². The minimum atomic E-state index is -0.0680. The maximum absolute atomic E-state index is 12.3. The summed E-state index contributed by atoms with van der Waals surface area (Å²) >= 11 is 1.36. The zero-order chi connectivity index (χ0) is 22.2. The molecule has 1 atom stereocenters. The van der Waals surface area contributed by atoms with E-state index in [0.29, 0.717) is 11.6 Å². The van der Waals surface area contributed by atoms with Crippen LogP contribution in [-0.4, -0.2) is 47.4 Å². The number of hydrogen-bond acceptors (Lipinski definition) is 6. The quantitative estimate of drug-likeness (QED) is 0.609. The Balaban J connectivity index is 1.51. The molecule has 0 bridgehead atoms. The molecule has 1 aromatic carbocycles. The smallest absolute Gasteiger partial charge is 0.234 e.